The van der Waals surface area contributed by atoms with Gasteiger partial charge in [-0.3, -0.25) is 4.79 Å². The molecule has 2 N–H and O–H groups in total. The van der Waals surface area contributed by atoms with Gasteiger partial charge in [-0.05, 0) is 48.0 Å². The van der Waals surface area contributed by atoms with Crippen molar-refractivity contribution >= 4 is 17.3 Å². The fourth-order valence-corrected chi connectivity index (χ4v) is 2.83. The molecule has 0 aliphatic rings. The van der Waals surface area contributed by atoms with Gasteiger partial charge in [0.2, 0.25) is 11.5 Å². The number of aromatic nitrogens is 4. The largest absolute Gasteiger partial charge is 0.416 e. The summed E-state index contributed by atoms with van der Waals surface area (Å²) in [5, 5.41) is 7.29. The Labute approximate surface area is 156 Å². The zero-order valence-electron chi connectivity index (χ0n) is 14.4. The topological polar surface area (TPSA) is 75.1 Å². The number of hydrogen-bond acceptors (Lipinski definition) is 4. The number of anilines is 2. The molecule has 0 atom stereocenters. The molecule has 28 heavy (non-hydrogen) atoms. The minimum Gasteiger partial charge on any atom is -0.329 e. The molecule has 0 radical (unpaired) electrons. The Kier molecular flexibility index (Phi) is 4.34. The maximum absolute atomic E-state index is 12.7. The number of nitrogens with zero attached hydrogens (tertiary/aromatic N) is 3. The van der Waals surface area contributed by atoms with E-state index < -0.39 is 11.7 Å². The lowest BCUT2D eigenvalue weighted by molar-refractivity contribution is -0.137. The van der Waals surface area contributed by atoms with Crippen molar-refractivity contribution in [2.45, 2.75) is 12.6 Å². The van der Waals surface area contributed by atoms with Gasteiger partial charge in [-0.1, -0.05) is 6.07 Å². The summed E-state index contributed by atoms with van der Waals surface area (Å²) in [7, 11) is 0. The van der Waals surface area contributed by atoms with Gasteiger partial charge < -0.3 is 10.3 Å². The molecule has 0 aliphatic carbocycles. The van der Waals surface area contributed by atoms with Gasteiger partial charge in [-0.2, -0.15) is 18.2 Å². The smallest absolute Gasteiger partial charge is 0.329 e. The van der Waals surface area contributed by atoms with E-state index in [4.69, 9.17) is 0 Å². The Hall–Kier alpha value is -3.62. The number of alkyl halides is 3. The van der Waals surface area contributed by atoms with E-state index in [0.717, 1.165) is 23.4 Å². The van der Waals surface area contributed by atoms with E-state index in [2.05, 4.69) is 20.4 Å². The van der Waals surface area contributed by atoms with Gasteiger partial charge in [0.15, 0.2) is 5.65 Å². The number of aromatic amines is 1. The maximum atomic E-state index is 12.7. The van der Waals surface area contributed by atoms with E-state index >= 15 is 0 Å². The van der Waals surface area contributed by atoms with E-state index in [9.17, 15) is 18.0 Å². The summed E-state index contributed by atoms with van der Waals surface area (Å²) in [6.07, 6.45) is -2.32. The third-order valence-corrected chi connectivity index (χ3v) is 4.13. The van der Waals surface area contributed by atoms with Gasteiger partial charge in [0.25, 0.3) is 0 Å². The van der Waals surface area contributed by atoms with Crippen LogP contribution in [0.2, 0.25) is 0 Å². The highest BCUT2D eigenvalue weighted by atomic mass is 19.4. The lowest BCUT2D eigenvalue weighted by atomic mass is 10.1. The summed E-state index contributed by atoms with van der Waals surface area (Å²) in [4.78, 5) is 18.4. The molecule has 142 valence electrons. The van der Waals surface area contributed by atoms with Crippen LogP contribution in [0.3, 0.4) is 0 Å². The van der Waals surface area contributed by atoms with E-state index in [0.29, 0.717) is 17.8 Å². The second-order valence-electron chi connectivity index (χ2n) is 6.16. The summed E-state index contributed by atoms with van der Waals surface area (Å²) in [5.41, 5.74) is 1.76. The molecule has 0 unspecified atom stereocenters. The van der Waals surface area contributed by atoms with Crippen LogP contribution in [0.4, 0.5) is 24.8 Å². The number of pyridine rings is 2. The summed E-state index contributed by atoms with van der Waals surface area (Å²) >= 11 is 0. The minimum atomic E-state index is -4.38. The number of H-pyrrole nitrogens is 1. The molecule has 9 heteroatoms. The Morgan fingerprint density at radius 2 is 1.86 bits per heavy atom. The third-order valence-electron chi connectivity index (χ3n) is 4.13. The molecule has 1 aromatic carbocycles. The standard InChI is InChI=1S/C19H14F3N5O/c20-19(21,22)13-4-6-14(7-5-13)24-18-25-16-3-1-2-15(27(16)26-18)10-12-8-9-23-17(28)11-12/h1-9,11H,10H2,(H,23,28)(H,24,26). The lowest BCUT2D eigenvalue weighted by Crippen LogP contribution is -2.06. The molecular formula is C19H14F3N5O. The van der Waals surface area contributed by atoms with Gasteiger partial charge in [0, 0.05) is 30.1 Å². The van der Waals surface area contributed by atoms with Crippen LogP contribution >= 0.6 is 0 Å². The van der Waals surface area contributed by atoms with Gasteiger partial charge in [0.1, 0.15) is 0 Å². The van der Waals surface area contributed by atoms with Crippen molar-refractivity contribution in [1.29, 1.82) is 0 Å². The molecule has 3 heterocycles. The van der Waals surface area contributed by atoms with Crippen LogP contribution in [0, 0.1) is 0 Å². The monoisotopic (exact) mass is 385 g/mol. The molecule has 0 fully saturated rings. The van der Waals surface area contributed by atoms with E-state index in [-0.39, 0.29) is 11.5 Å². The average molecular weight is 385 g/mol. The predicted octanol–water partition coefficient (Wildman–Crippen LogP) is 3.77. The highest BCUT2D eigenvalue weighted by molar-refractivity contribution is 5.56. The van der Waals surface area contributed by atoms with Crippen LogP contribution < -0.4 is 10.9 Å². The van der Waals surface area contributed by atoms with Crippen LogP contribution in [0.25, 0.3) is 5.65 Å². The first kappa shape index (κ1) is 17.8. The maximum Gasteiger partial charge on any atom is 0.416 e. The van der Waals surface area contributed by atoms with Crippen LogP contribution in [0.5, 0.6) is 0 Å². The zero-order chi connectivity index (χ0) is 19.7. The van der Waals surface area contributed by atoms with Crippen molar-refractivity contribution in [2.24, 2.45) is 0 Å². The summed E-state index contributed by atoms with van der Waals surface area (Å²) in [6.45, 7) is 0. The quantitative estimate of drug-likeness (QED) is 0.561. The molecular weight excluding hydrogens is 371 g/mol. The van der Waals surface area contributed by atoms with E-state index in [1.807, 2.05) is 12.1 Å². The number of nitrogens with one attached hydrogen (secondary N) is 2. The SMILES string of the molecule is O=c1cc(Cc2cccc3nc(Nc4ccc(C(F)(F)F)cc4)nn23)cc[nH]1. The fourth-order valence-electron chi connectivity index (χ4n) is 2.83. The molecule has 0 saturated carbocycles. The lowest BCUT2D eigenvalue weighted by Gasteiger charge is -2.07. The summed E-state index contributed by atoms with van der Waals surface area (Å²) < 4.78 is 39.6. The second-order valence-corrected chi connectivity index (χ2v) is 6.16. The third kappa shape index (κ3) is 3.73. The first-order valence-corrected chi connectivity index (χ1v) is 8.35. The van der Waals surface area contributed by atoms with Crippen molar-refractivity contribution < 1.29 is 13.2 Å². The zero-order valence-corrected chi connectivity index (χ0v) is 14.4. The summed E-state index contributed by atoms with van der Waals surface area (Å²) in [5.74, 6) is 0.262. The van der Waals surface area contributed by atoms with Gasteiger partial charge in [-0.15, -0.1) is 5.10 Å². The Bertz CT molecular complexity index is 1180. The van der Waals surface area contributed by atoms with Crippen LogP contribution in [0.15, 0.2) is 65.6 Å². The van der Waals surface area contributed by atoms with E-state index in [1.165, 1.54) is 18.2 Å². The van der Waals surface area contributed by atoms with Crippen molar-refractivity contribution in [3.05, 3.63) is 88.0 Å². The normalized spacial score (nSPS) is 11.7. The van der Waals surface area contributed by atoms with E-state index in [1.54, 1.807) is 22.8 Å². The number of halogens is 3. The van der Waals surface area contributed by atoms with Gasteiger partial charge in [-0.25, -0.2) is 4.52 Å². The van der Waals surface area contributed by atoms with Gasteiger partial charge in [0.05, 0.1) is 5.56 Å². The predicted molar refractivity (Wildman–Crippen MR) is 97.6 cm³/mol. The molecule has 4 rings (SSSR count). The minimum absolute atomic E-state index is 0.187. The Morgan fingerprint density at radius 3 is 2.57 bits per heavy atom. The fraction of sp³-hybridized carbons (Fsp3) is 0.105. The van der Waals surface area contributed by atoms with Crippen molar-refractivity contribution in [1.82, 2.24) is 19.6 Å². The van der Waals surface area contributed by atoms with Crippen molar-refractivity contribution in [2.75, 3.05) is 5.32 Å². The van der Waals surface area contributed by atoms with Crippen LogP contribution in [0.1, 0.15) is 16.8 Å². The molecule has 3 aromatic heterocycles. The first-order valence-electron chi connectivity index (χ1n) is 8.35. The van der Waals surface area contributed by atoms with Crippen LogP contribution in [-0.4, -0.2) is 19.6 Å². The summed E-state index contributed by atoms with van der Waals surface area (Å²) in [6, 6.07) is 13.4. The number of benzene rings is 1. The molecule has 6 nitrogen and oxygen atoms in total. The number of rotatable bonds is 4. The molecule has 4 aromatic rings. The van der Waals surface area contributed by atoms with Crippen molar-refractivity contribution in [3.8, 4) is 0 Å². The number of hydrogen-bond donors (Lipinski definition) is 2. The highest BCUT2D eigenvalue weighted by Gasteiger charge is 2.29. The Morgan fingerprint density at radius 1 is 1.07 bits per heavy atom. The Balaban J connectivity index is 1.60. The molecule has 0 saturated heterocycles. The highest BCUT2D eigenvalue weighted by Crippen LogP contribution is 2.30. The molecule has 0 bridgehead atoms. The molecule has 0 aliphatic heterocycles. The van der Waals surface area contributed by atoms with Crippen LogP contribution in [-0.2, 0) is 12.6 Å². The first-order chi connectivity index (χ1) is 13.4. The molecule has 0 spiro atoms. The van der Waals surface area contributed by atoms with Crippen molar-refractivity contribution in [3.63, 3.8) is 0 Å². The second kappa shape index (κ2) is 6.84. The van der Waals surface area contributed by atoms with Gasteiger partial charge >= 0.3 is 6.18 Å². The average Bonchev–Trinajstić information content (AvgIpc) is 3.05. The molecule has 0 amide bonds. The number of fused-ring (bicyclic) bond motifs is 1.